The molecule has 2 aromatic heterocycles. The second-order valence-corrected chi connectivity index (χ2v) is 10.8. The third-order valence-corrected chi connectivity index (χ3v) is 8.08. The number of esters is 1. The summed E-state index contributed by atoms with van der Waals surface area (Å²) in [5, 5.41) is 11.1. The zero-order chi connectivity index (χ0) is 25.4. The zero-order valence-corrected chi connectivity index (χ0v) is 21.2. The van der Waals surface area contributed by atoms with Gasteiger partial charge < -0.3 is 20.7 Å². The smallest absolute Gasteiger partial charge is 0.328 e. The van der Waals surface area contributed by atoms with Crippen molar-refractivity contribution in [2.75, 3.05) is 23.8 Å². The van der Waals surface area contributed by atoms with E-state index in [0.29, 0.717) is 37.7 Å². The fourth-order valence-corrected chi connectivity index (χ4v) is 6.33. The minimum atomic E-state index is -0.501. The van der Waals surface area contributed by atoms with Gasteiger partial charge in [-0.05, 0) is 51.2 Å². The Morgan fingerprint density at radius 1 is 1.16 bits per heavy atom. The van der Waals surface area contributed by atoms with Crippen molar-refractivity contribution in [1.29, 1.82) is 0 Å². The molecule has 6 atom stereocenters. The van der Waals surface area contributed by atoms with Gasteiger partial charge in [-0.3, -0.25) is 20.1 Å². The molecule has 198 valence electrons. The van der Waals surface area contributed by atoms with E-state index >= 15 is 0 Å². The molecule has 0 spiro atoms. The third-order valence-electron chi connectivity index (χ3n) is 8.08. The Morgan fingerprint density at radius 3 is 2.73 bits per heavy atom. The minimum absolute atomic E-state index is 0.0889. The van der Waals surface area contributed by atoms with Crippen LogP contribution in [0.2, 0.25) is 0 Å². The van der Waals surface area contributed by atoms with Gasteiger partial charge in [0.1, 0.15) is 17.7 Å². The number of rotatable bonds is 7. The molecule has 5 N–H and O–H groups in total. The Balaban J connectivity index is 1.14. The van der Waals surface area contributed by atoms with E-state index < -0.39 is 6.04 Å². The first-order chi connectivity index (χ1) is 18.0. The molecule has 0 saturated carbocycles. The molecule has 4 saturated heterocycles. The van der Waals surface area contributed by atoms with Crippen LogP contribution in [0.25, 0.3) is 10.9 Å². The van der Waals surface area contributed by atoms with Crippen molar-refractivity contribution < 1.29 is 14.3 Å². The molecule has 37 heavy (non-hydrogen) atoms. The topological polar surface area (TPSA) is 133 Å². The molecule has 0 aromatic carbocycles. The zero-order valence-electron chi connectivity index (χ0n) is 21.2. The Labute approximate surface area is 216 Å². The number of hydrazine groups is 1. The van der Waals surface area contributed by atoms with Crippen LogP contribution in [0, 0.1) is 0 Å². The number of hydrogen-bond acceptors (Lipinski definition) is 10. The van der Waals surface area contributed by atoms with Gasteiger partial charge in [-0.2, -0.15) is 0 Å². The van der Waals surface area contributed by atoms with Gasteiger partial charge in [-0.25, -0.2) is 15.2 Å². The number of fused-ring (bicyclic) bond motifs is 3. The number of cyclic esters (lactones) is 1. The van der Waals surface area contributed by atoms with E-state index in [9.17, 15) is 9.59 Å². The van der Waals surface area contributed by atoms with Gasteiger partial charge in [0.15, 0.2) is 0 Å². The molecule has 0 radical (unpaired) electrons. The van der Waals surface area contributed by atoms with Crippen molar-refractivity contribution in [1.82, 2.24) is 31.0 Å². The van der Waals surface area contributed by atoms with Crippen LogP contribution < -0.4 is 26.8 Å². The summed E-state index contributed by atoms with van der Waals surface area (Å²) >= 11 is 0. The van der Waals surface area contributed by atoms with Crippen LogP contribution in [0.3, 0.4) is 0 Å². The van der Waals surface area contributed by atoms with E-state index in [1.54, 1.807) is 0 Å². The molecule has 6 heterocycles. The van der Waals surface area contributed by atoms with E-state index in [2.05, 4.69) is 49.7 Å². The number of aromatic nitrogens is 2. The van der Waals surface area contributed by atoms with Crippen molar-refractivity contribution in [2.24, 2.45) is 0 Å². The predicted octanol–water partition coefficient (Wildman–Crippen LogP) is 1.48. The van der Waals surface area contributed by atoms with Gasteiger partial charge >= 0.3 is 5.97 Å². The van der Waals surface area contributed by atoms with Crippen LogP contribution in [0.4, 0.5) is 11.6 Å². The lowest BCUT2D eigenvalue weighted by Crippen LogP contribution is -2.58. The second-order valence-electron chi connectivity index (χ2n) is 10.8. The maximum atomic E-state index is 12.8. The van der Waals surface area contributed by atoms with Crippen LogP contribution >= 0.6 is 0 Å². The maximum absolute atomic E-state index is 12.8. The molecular formula is C26H36N8O3. The first kappa shape index (κ1) is 24.3. The Morgan fingerprint density at radius 2 is 2.00 bits per heavy atom. The minimum Gasteiger partial charge on any atom is -0.464 e. The summed E-state index contributed by atoms with van der Waals surface area (Å²) in [6, 6.07) is 6.82. The monoisotopic (exact) mass is 508 g/mol. The van der Waals surface area contributed by atoms with Gasteiger partial charge in [-0.15, -0.1) is 0 Å². The molecule has 4 aliphatic heterocycles. The van der Waals surface area contributed by atoms with Gasteiger partial charge in [-0.1, -0.05) is 6.42 Å². The van der Waals surface area contributed by atoms with Gasteiger partial charge in [0.05, 0.1) is 24.8 Å². The first-order valence-corrected chi connectivity index (χ1v) is 13.5. The number of anilines is 2. The molecular weight excluding hydrogens is 472 g/mol. The molecule has 6 rings (SSSR count). The highest BCUT2D eigenvalue weighted by Gasteiger charge is 2.40. The lowest BCUT2D eigenvalue weighted by atomic mass is 9.81. The van der Waals surface area contributed by atoms with Crippen LogP contribution in [-0.2, 0) is 14.3 Å². The average Bonchev–Trinajstić information content (AvgIpc) is 3.46. The summed E-state index contributed by atoms with van der Waals surface area (Å²) in [4.78, 5) is 36.4. The summed E-state index contributed by atoms with van der Waals surface area (Å²) in [6.07, 6.45) is 8.65. The van der Waals surface area contributed by atoms with Gasteiger partial charge in [0.2, 0.25) is 5.91 Å². The Bertz CT molecular complexity index is 1150. The second kappa shape index (κ2) is 10.4. The van der Waals surface area contributed by atoms with Crippen LogP contribution in [0.5, 0.6) is 0 Å². The van der Waals surface area contributed by atoms with Crippen molar-refractivity contribution in [3.05, 3.63) is 24.4 Å². The number of carbonyl (C=O) groups is 2. The normalized spacial score (nSPS) is 31.8. The lowest BCUT2D eigenvalue weighted by molar-refractivity contribution is -0.141. The number of hydrogen-bond donors (Lipinski definition) is 5. The number of nitrogens with zero attached hydrogens (tertiary/aromatic N) is 3. The van der Waals surface area contributed by atoms with E-state index in [-0.39, 0.29) is 24.1 Å². The molecule has 2 aromatic rings. The third kappa shape index (κ3) is 5.34. The number of carbonyl (C=O) groups excluding carboxylic acids is 2. The molecule has 2 bridgehead atoms. The summed E-state index contributed by atoms with van der Waals surface area (Å²) in [5.74, 6) is 1.23. The standard InChI is InChI=1S/C26H36N8O3/c1-15-10-23(33-32-15)30-22-13-21-19(6-3-8-27-21)25(31-22)28-16-11-17-4-2-5-18(12-16)34(17)14-24(35)29-20-7-9-37-26(20)36/h3,6,8,13,15-18,20,23,32-33H,2,4-5,7,9-12,14H2,1H3,(H,29,35)(H2,28,30,31)/t15?,16?,17-,18+,20-,23?/m0/s1. The highest BCUT2D eigenvalue weighted by molar-refractivity contribution is 5.91. The van der Waals surface area contributed by atoms with Crippen LogP contribution in [-0.4, -0.2) is 76.3 Å². The van der Waals surface area contributed by atoms with Crippen LogP contribution in [0.15, 0.2) is 24.4 Å². The number of piperidine rings is 2. The average molecular weight is 509 g/mol. The molecule has 0 aliphatic carbocycles. The van der Waals surface area contributed by atoms with E-state index in [0.717, 1.165) is 54.6 Å². The number of nitrogens with one attached hydrogen (secondary N) is 5. The highest BCUT2D eigenvalue weighted by Crippen LogP contribution is 2.36. The summed E-state index contributed by atoms with van der Waals surface area (Å²) in [6.45, 7) is 2.86. The van der Waals surface area contributed by atoms with E-state index in [4.69, 9.17) is 9.72 Å². The van der Waals surface area contributed by atoms with E-state index in [1.165, 1.54) is 6.42 Å². The van der Waals surface area contributed by atoms with Gasteiger partial charge in [0.25, 0.3) is 0 Å². The summed E-state index contributed by atoms with van der Waals surface area (Å²) in [5.41, 5.74) is 7.42. The Kier molecular flexibility index (Phi) is 6.83. The molecule has 3 unspecified atom stereocenters. The van der Waals surface area contributed by atoms with E-state index in [1.807, 2.05) is 18.3 Å². The van der Waals surface area contributed by atoms with Crippen molar-refractivity contribution >= 4 is 34.4 Å². The SMILES string of the molecule is CC1CC(Nc2cc3ncccc3c(NC3C[C@H]4CCC[C@@H](C3)N4CC(=O)N[C@H]3CCOC3=O)n2)NN1. The molecule has 11 nitrogen and oxygen atoms in total. The molecule has 4 aliphatic rings. The number of pyridine rings is 2. The Hall–Kier alpha value is -3.02. The maximum Gasteiger partial charge on any atom is 0.328 e. The molecule has 1 amide bonds. The largest absolute Gasteiger partial charge is 0.464 e. The first-order valence-electron chi connectivity index (χ1n) is 13.5. The molecule has 4 fully saturated rings. The van der Waals surface area contributed by atoms with Crippen molar-refractivity contribution in [2.45, 2.75) is 88.2 Å². The fraction of sp³-hybridized carbons (Fsp3) is 0.615. The number of ether oxygens (including phenoxy) is 1. The lowest BCUT2D eigenvalue weighted by Gasteiger charge is -2.48. The quantitative estimate of drug-likeness (QED) is 0.350. The van der Waals surface area contributed by atoms with Crippen LogP contribution in [0.1, 0.15) is 51.9 Å². The number of amides is 1. The van der Waals surface area contributed by atoms with Crippen molar-refractivity contribution in [3.8, 4) is 0 Å². The summed E-state index contributed by atoms with van der Waals surface area (Å²) < 4.78 is 4.99. The predicted molar refractivity (Wildman–Crippen MR) is 140 cm³/mol. The summed E-state index contributed by atoms with van der Waals surface area (Å²) in [7, 11) is 0. The van der Waals surface area contributed by atoms with Crippen molar-refractivity contribution in [3.63, 3.8) is 0 Å². The highest BCUT2D eigenvalue weighted by atomic mass is 16.5. The molecule has 11 heteroatoms. The fourth-order valence-electron chi connectivity index (χ4n) is 6.33. The van der Waals surface area contributed by atoms with Gasteiger partial charge in [0, 0.05) is 48.2 Å².